The van der Waals surface area contributed by atoms with Gasteiger partial charge in [0.15, 0.2) is 0 Å². The fraction of sp³-hybridized carbons (Fsp3) is 0.500. The van der Waals surface area contributed by atoms with E-state index in [9.17, 15) is 9.59 Å². The van der Waals surface area contributed by atoms with Crippen LogP contribution in [-0.2, 0) is 17.7 Å². The smallest absolute Gasteiger partial charge is 0.337 e. The van der Waals surface area contributed by atoms with Crippen LogP contribution >= 0.6 is 0 Å². The first kappa shape index (κ1) is 22.7. The molecule has 0 aliphatic heterocycles. The highest BCUT2D eigenvalue weighted by Crippen LogP contribution is 2.34. The van der Waals surface area contributed by atoms with Crippen LogP contribution in [0, 0.1) is 12.8 Å². The molecule has 1 aromatic heterocycles. The zero-order valence-corrected chi connectivity index (χ0v) is 18.4. The SMILES string of the molecule is CCCCCc1c(-c2ccc(C(=O)OC)cc2)c(C(N)=O)c(C)n1CCC(C)C. The topological polar surface area (TPSA) is 74.3 Å². The molecule has 0 atom stereocenters. The first-order valence-electron chi connectivity index (χ1n) is 10.5. The van der Waals surface area contributed by atoms with Crippen LogP contribution in [0.1, 0.15) is 78.6 Å². The lowest BCUT2D eigenvalue weighted by atomic mass is 9.96. The number of primary amides is 1. The van der Waals surface area contributed by atoms with Crippen molar-refractivity contribution < 1.29 is 14.3 Å². The highest BCUT2D eigenvalue weighted by atomic mass is 16.5. The van der Waals surface area contributed by atoms with Crippen molar-refractivity contribution in [3.8, 4) is 11.1 Å². The number of ether oxygens (including phenoxy) is 1. The second kappa shape index (κ2) is 10.3. The van der Waals surface area contributed by atoms with Crippen molar-refractivity contribution in [1.82, 2.24) is 4.57 Å². The van der Waals surface area contributed by atoms with Crippen LogP contribution in [0.5, 0.6) is 0 Å². The summed E-state index contributed by atoms with van der Waals surface area (Å²) in [6.07, 6.45) is 5.27. The van der Waals surface area contributed by atoms with Crippen molar-refractivity contribution in [2.75, 3.05) is 7.11 Å². The first-order chi connectivity index (χ1) is 13.8. The van der Waals surface area contributed by atoms with Gasteiger partial charge in [-0.2, -0.15) is 0 Å². The molecule has 2 N–H and O–H groups in total. The van der Waals surface area contributed by atoms with E-state index in [1.807, 2.05) is 19.1 Å². The molecule has 0 saturated heterocycles. The van der Waals surface area contributed by atoms with Crippen LogP contribution in [0.3, 0.4) is 0 Å². The molecule has 0 radical (unpaired) electrons. The molecule has 2 rings (SSSR count). The van der Waals surface area contributed by atoms with E-state index in [-0.39, 0.29) is 5.97 Å². The number of rotatable bonds is 10. The second-order valence-electron chi connectivity index (χ2n) is 8.01. The summed E-state index contributed by atoms with van der Waals surface area (Å²) in [5.74, 6) is -0.213. The van der Waals surface area contributed by atoms with Crippen molar-refractivity contribution >= 4 is 11.9 Å². The van der Waals surface area contributed by atoms with Crippen molar-refractivity contribution in [2.45, 2.75) is 66.3 Å². The summed E-state index contributed by atoms with van der Waals surface area (Å²) >= 11 is 0. The zero-order chi connectivity index (χ0) is 21.6. The molecule has 0 saturated carbocycles. The minimum absolute atomic E-state index is 0.375. The average molecular weight is 399 g/mol. The number of hydrogen-bond donors (Lipinski definition) is 1. The van der Waals surface area contributed by atoms with Crippen molar-refractivity contribution in [3.63, 3.8) is 0 Å². The number of nitrogens with zero attached hydrogens (tertiary/aromatic N) is 1. The van der Waals surface area contributed by atoms with E-state index in [4.69, 9.17) is 10.5 Å². The number of methoxy groups -OCH3 is 1. The number of benzene rings is 1. The largest absolute Gasteiger partial charge is 0.465 e. The third-order valence-corrected chi connectivity index (χ3v) is 5.42. The molecular formula is C24H34N2O3. The highest BCUT2D eigenvalue weighted by Gasteiger charge is 2.24. The van der Waals surface area contributed by atoms with Crippen molar-refractivity contribution in [1.29, 1.82) is 0 Å². The number of unbranched alkanes of at least 4 members (excludes halogenated alkanes) is 2. The lowest BCUT2D eigenvalue weighted by Crippen LogP contribution is -2.13. The Hall–Kier alpha value is -2.56. The number of esters is 1. The van der Waals surface area contributed by atoms with Crippen LogP contribution in [0.15, 0.2) is 24.3 Å². The Bertz CT molecular complexity index is 848. The molecule has 0 fully saturated rings. The van der Waals surface area contributed by atoms with Crippen molar-refractivity contribution in [3.05, 3.63) is 46.8 Å². The van der Waals surface area contributed by atoms with Gasteiger partial charge < -0.3 is 15.0 Å². The first-order valence-corrected chi connectivity index (χ1v) is 10.5. The lowest BCUT2D eigenvalue weighted by molar-refractivity contribution is 0.0600. The Morgan fingerprint density at radius 1 is 1.14 bits per heavy atom. The quantitative estimate of drug-likeness (QED) is 0.445. The maximum atomic E-state index is 12.4. The molecule has 1 aromatic carbocycles. The number of amides is 1. The Labute approximate surface area is 174 Å². The van der Waals surface area contributed by atoms with Gasteiger partial charge >= 0.3 is 5.97 Å². The van der Waals surface area contributed by atoms with E-state index in [2.05, 4.69) is 25.3 Å². The van der Waals surface area contributed by atoms with Gasteiger partial charge in [0.25, 0.3) is 5.91 Å². The fourth-order valence-electron chi connectivity index (χ4n) is 3.79. The third-order valence-electron chi connectivity index (χ3n) is 5.42. The predicted molar refractivity (Wildman–Crippen MR) is 117 cm³/mol. The maximum Gasteiger partial charge on any atom is 0.337 e. The number of carbonyl (C=O) groups excluding carboxylic acids is 2. The summed E-state index contributed by atoms with van der Waals surface area (Å²) in [4.78, 5) is 24.2. The van der Waals surface area contributed by atoms with Gasteiger partial charge in [-0.15, -0.1) is 0 Å². The van der Waals surface area contributed by atoms with Crippen molar-refractivity contribution in [2.24, 2.45) is 11.7 Å². The Morgan fingerprint density at radius 3 is 2.31 bits per heavy atom. The second-order valence-corrected chi connectivity index (χ2v) is 8.01. The standard InChI is InChI=1S/C24H34N2O3/c1-6-7-8-9-20-22(18-10-12-19(13-11-18)24(28)29-5)21(23(25)27)17(4)26(20)15-14-16(2)3/h10-13,16H,6-9,14-15H2,1-5H3,(H2,25,27). The molecule has 0 aliphatic carbocycles. The molecule has 5 nitrogen and oxygen atoms in total. The Morgan fingerprint density at radius 2 is 1.79 bits per heavy atom. The number of carbonyl (C=O) groups is 2. The molecule has 0 spiro atoms. The highest BCUT2D eigenvalue weighted by molar-refractivity contribution is 6.02. The summed E-state index contributed by atoms with van der Waals surface area (Å²) in [6, 6.07) is 7.23. The molecule has 1 amide bonds. The van der Waals surface area contributed by atoms with Crippen LogP contribution < -0.4 is 5.73 Å². The molecule has 2 aromatic rings. The molecule has 0 bridgehead atoms. The Kier molecular flexibility index (Phi) is 8.06. The molecule has 29 heavy (non-hydrogen) atoms. The van der Waals surface area contributed by atoms with Gasteiger partial charge in [0, 0.05) is 23.5 Å². The normalized spacial score (nSPS) is 11.1. The van der Waals surface area contributed by atoms with Gasteiger partial charge in [-0.05, 0) is 49.8 Å². The Balaban J connectivity index is 2.61. The molecule has 158 valence electrons. The van der Waals surface area contributed by atoms with Crippen LogP contribution in [0.25, 0.3) is 11.1 Å². The number of hydrogen-bond acceptors (Lipinski definition) is 3. The average Bonchev–Trinajstić information content (AvgIpc) is 2.97. The number of aromatic nitrogens is 1. The van der Waals surface area contributed by atoms with E-state index in [1.165, 1.54) is 7.11 Å². The van der Waals surface area contributed by atoms with Crippen LogP contribution in [-0.4, -0.2) is 23.6 Å². The third kappa shape index (κ3) is 5.28. The summed E-state index contributed by atoms with van der Waals surface area (Å²) in [7, 11) is 1.37. The van der Waals surface area contributed by atoms with Crippen LogP contribution in [0.4, 0.5) is 0 Å². The van der Waals surface area contributed by atoms with Gasteiger partial charge in [0.05, 0.1) is 18.2 Å². The number of nitrogens with two attached hydrogens (primary N) is 1. The summed E-state index contributed by atoms with van der Waals surface area (Å²) in [5, 5.41) is 0. The summed E-state index contributed by atoms with van der Waals surface area (Å²) in [5.41, 5.74) is 10.8. The summed E-state index contributed by atoms with van der Waals surface area (Å²) < 4.78 is 7.07. The monoisotopic (exact) mass is 398 g/mol. The van der Waals surface area contributed by atoms with Gasteiger partial charge in [-0.3, -0.25) is 4.79 Å². The fourth-order valence-corrected chi connectivity index (χ4v) is 3.79. The van der Waals surface area contributed by atoms with Gasteiger partial charge in [-0.25, -0.2) is 4.79 Å². The lowest BCUT2D eigenvalue weighted by Gasteiger charge is -2.15. The molecule has 1 heterocycles. The van der Waals surface area contributed by atoms with E-state index < -0.39 is 5.91 Å². The van der Waals surface area contributed by atoms with E-state index in [0.29, 0.717) is 17.0 Å². The minimum Gasteiger partial charge on any atom is -0.465 e. The minimum atomic E-state index is -0.408. The molecule has 0 unspecified atom stereocenters. The molecule has 0 aliphatic rings. The predicted octanol–water partition coefficient (Wildman–Crippen LogP) is 5.13. The zero-order valence-electron chi connectivity index (χ0n) is 18.4. The van der Waals surface area contributed by atoms with Gasteiger partial charge in [0.2, 0.25) is 0 Å². The van der Waals surface area contributed by atoms with Gasteiger partial charge in [0.1, 0.15) is 0 Å². The van der Waals surface area contributed by atoms with E-state index >= 15 is 0 Å². The molecule has 5 heteroatoms. The van der Waals surface area contributed by atoms with E-state index in [1.54, 1.807) is 12.1 Å². The maximum absolute atomic E-state index is 12.4. The van der Waals surface area contributed by atoms with Gasteiger partial charge in [-0.1, -0.05) is 45.7 Å². The molecular weight excluding hydrogens is 364 g/mol. The van der Waals surface area contributed by atoms with Crippen LogP contribution in [0.2, 0.25) is 0 Å². The summed E-state index contributed by atoms with van der Waals surface area (Å²) in [6.45, 7) is 9.44. The van der Waals surface area contributed by atoms with E-state index in [0.717, 1.165) is 61.2 Å².